The van der Waals surface area contributed by atoms with E-state index in [4.69, 9.17) is 0 Å². The number of aromatic nitrogens is 3. The zero-order valence-corrected chi connectivity index (χ0v) is 10.6. The summed E-state index contributed by atoms with van der Waals surface area (Å²) in [5.41, 5.74) is 4.94. The molecule has 0 unspecified atom stereocenters. The topological polar surface area (TPSA) is 38.7 Å². The summed E-state index contributed by atoms with van der Waals surface area (Å²) < 4.78 is 0. The van der Waals surface area contributed by atoms with Crippen molar-refractivity contribution < 1.29 is 0 Å². The smallest absolute Gasteiger partial charge is 0.0998 e. The van der Waals surface area contributed by atoms with Gasteiger partial charge in [-0.25, -0.2) is 0 Å². The quantitative estimate of drug-likeness (QED) is 0.695. The summed E-state index contributed by atoms with van der Waals surface area (Å²) in [7, 11) is 0. The highest BCUT2D eigenvalue weighted by atomic mass is 15.3. The van der Waals surface area contributed by atoms with Crippen molar-refractivity contribution in [1.29, 1.82) is 0 Å². The van der Waals surface area contributed by atoms with Gasteiger partial charge in [-0.3, -0.25) is 0 Å². The average Bonchev–Trinajstić information content (AvgIpc) is 2.49. The first kappa shape index (κ1) is 11.5. The normalized spacial score (nSPS) is 10.4. The highest BCUT2D eigenvalue weighted by Crippen LogP contribution is 2.27. The Morgan fingerprint density at radius 2 is 1.05 bits per heavy atom. The predicted octanol–water partition coefficient (Wildman–Crippen LogP) is 3.51. The van der Waals surface area contributed by atoms with Crippen molar-refractivity contribution in [2.45, 2.75) is 6.92 Å². The molecule has 3 nitrogen and oxygen atoms in total. The third kappa shape index (κ3) is 2.22. The first-order valence-electron chi connectivity index (χ1n) is 6.17. The lowest BCUT2D eigenvalue weighted by atomic mass is 10.0. The average molecular weight is 247 g/mol. The van der Waals surface area contributed by atoms with Crippen molar-refractivity contribution in [3.05, 3.63) is 66.2 Å². The van der Waals surface area contributed by atoms with Gasteiger partial charge in [-0.1, -0.05) is 60.7 Å². The van der Waals surface area contributed by atoms with Gasteiger partial charge in [-0.15, -0.1) is 10.2 Å². The van der Waals surface area contributed by atoms with E-state index in [9.17, 15) is 0 Å². The Balaban J connectivity index is 2.15. The van der Waals surface area contributed by atoms with Crippen molar-refractivity contribution in [1.82, 2.24) is 15.4 Å². The van der Waals surface area contributed by atoms with Gasteiger partial charge >= 0.3 is 0 Å². The molecule has 0 saturated heterocycles. The largest absolute Gasteiger partial charge is 0.130 e. The highest BCUT2D eigenvalue weighted by Gasteiger charge is 2.11. The van der Waals surface area contributed by atoms with Crippen molar-refractivity contribution in [2.75, 3.05) is 0 Å². The number of rotatable bonds is 2. The van der Waals surface area contributed by atoms with Crippen molar-refractivity contribution in [3.8, 4) is 22.5 Å². The molecule has 3 rings (SSSR count). The summed E-state index contributed by atoms with van der Waals surface area (Å²) in [4.78, 5) is 0. The molecule has 0 saturated carbocycles. The summed E-state index contributed by atoms with van der Waals surface area (Å²) in [6.45, 7) is 2.03. The first-order chi connectivity index (χ1) is 9.36. The van der Waals surface area contributed by atoms with Gasteiger partial charge in [0.2, 0.25) is 0 Å². The fourth-order valence-electron chi connectivity index (χ4n) is 2.11. The molecule has 3 aromatic rings. The molecule has 3 heteroatoms. The Morgan fingerprint density at radius 3 is 1.47 bits per heavy atom. The predicted molar refractivity (Wildman–Crippen MR) is 75.4 cm³/mol. The maximum atomic E-state index is 4.17. The van der Waals surface area contributed by atoms with E-state index in [0.717, 1.165) is 28.1 Å². The fourth-order valence-corrected chi connectivity index (χ4v) is 2.11. The van der Waals surface area contributed by atoms with Gasteiger partial charge in [0.1, 0.15) is 0 Å². The van der Waals surface area contributed by atoms with Gasteiger partial charge in [0.05, 0.1) is 11.4 Å². The molecule has 0 atom stereocenters. The summed E-state index contributed by atoms with van der Waals surface area (Å²) in [6, 6.07) is 20.1. The molecular formula is C16H13N3. The van der Waals surface area contributed by atoms with E-state index in [1.807, 2.05) is 67.6 Å². The molecule has 0 aliphatic heterocycles. The maximum Gasteiger partial charge on any atom is 0.0998 e. The number of hydrogen-bond acceptors (Lipinski definition) is 3. The Hall–Kier alpha value is -2.55. The zero-order chi connectivity index (χ0) is 13.1. The van der Waals surface area contributed by atoms with Gasteiger partial charge in [-0.05, 0) is 12.1 Å². The molecule has 0 fully saturated rings. The van der Waals surface area contributed by atoms with E-state index in [1.165, 1.54) is 0 Å². The molecule has 0 aliphatic rings. The minimum atomic E-state index is 0.884. The lowest BCUT2D eigenvalue weighted by Crippen LogP contribution is -1.99. The van der Waals surface area contributed by atoms with Gasteiger partial charge in [0.25, 0.3) is 0 Å². The molecule has 0 bridgehead atoms. The molecule has 92 valence electrons. The van der Waals surface area contributed by atoms with Crippen LogP contribution in [0.25, 0.3) is 22.5 Å². The number of nitrogens with zero attached hydrogens (tertiary/aromatic N) is 3. The molecule has 0 radical (unpaired) electrons. The van der Waals surface area contributed by atoms with E-state index in [0.29, 0.717) is 0 Å². The van der Waals surface area contributed by atoms with E-state index >= 15 is 0 Å². The zero-order valence-electron chi connectivity index (χ0n) is 10.6. The van der Waals surface area contributed by atoms with Crippen LogP contribution >= 0.6 is 0 Å². The third-order valence-electron chi connectivity index (χ3n) is 3.09. The van der Waals surface area contributed by atoms with Crippen LogP contribution in [0.1, 0.15) is 5.56 Å². The SMILES string of the molecule is Cc1c(-c2ccccc2)nnnc1-c1ccccc1. The van der Waals surface area contributed by atoms with Crippen LogP contribution in [-0.2, 0) is 0 Å². The monoisotopic (exact) mass is 247 g/mol. The van der Waals surface area contributed by atoms with Gasteiger partial charge in [0.15, 0.2) is 0 Å². The van der Waals surface area contributed by atoms with E-state index in [-0.39, 0.29) is 0 Å². The number of hydrogen-bond donors (Lipinski definition) is 0. The second-order valence-corrected chi connectivity index (χ2v) is 4.34. The molecule has 19 heavy (non-hydrogen) atoms. The van der Waals surface area contributed by atoms with Crippen LogP contribution in [0.4, 0.5) is 0 Å². The van der Waals surface area contributed by atoms with Crippen molar-refractivity contribution >= 4 is 0 Å². The van der Waals surface area contributed by atoms with Crippen molar-refractivity contribution in [2.24, 2.45) is 0 Å². The second-order valence-electron chi connectivity index (χ2n) is 4.34. The standard InChI is InChI=1S/C16H13N3/c1-12-15(13-8-4-2-5-9-13)17-19-18-16(12)14-10-6-3-7-11-14/h2-11H,1H3. The molecule has 0 N–H and O–H groups in total. The van der Waals surface area contributed by atoms with Crippen LogP contribution in [0.3, 0.4) is 0 Å². The second kappa shape index (κ2) is 4.98. The van der Waals surface area contributed by atoms with Crippen molar-refractivity contribution in [3.63, 3.8) is 0 Å². The van der Waals surface area contributed by atoms with E-state index in [1.54, 1.807) is 0 Å². The molecule has 2 aromatic carbocycles. The van der Waals surface area contributed by atoms with E-state index < -0.39 is 0 Å². The molecule has 0 spiro atoms. The van der Waals surface area contributed by atoms with Gasteiger partial charge < -0.3 is 0 Å². The summed E-state index contributed by atoms with van der Waals surface area (Å²) in [5.74, 6) is 0. The molecular weight excluding hydrogens is 234 g/mol. The van der Waals surface area contributed by atoms with Gasteiger partial charge in [-0.2, -0.15) is 0 Å². The number of benzene rings is 2. The van der Waals surface area contributed by atoms with Crippen LogP contribution in [0.15, 0.2) is 60.7 Å². The van der Waals surface area contributed by atoms with Crippen LogP contribution in [0, 0.1) is 6.92 Å². The molecule has 1 heterocycles. The van der Waals surface area contributed by atoms with Crippen LogP contribution in [0.5, 0.6) is 0 Å². The van der Waals surface area contributed by atoms with Crippen LogP contribution in [0.2, 0.25) is 0 Å². The molecule has 0 aliphatic carbocycles. The highest BCUT2D eigenvalue weighted by molar-refractivity contribution is 5.72. The third-order valence-corrected chi connectivity index (χ3v) is 3.09. The van der Waals surface area contributed by atoms with Gasteiger partial charge in [0, 0.05) is 16.7 Å². The summed E-state index contributed by atoms with van der Waals surface area (Å²) in [5, 5.41) is 12.2. The molecule has 0 amide bonds. The Labute approximate surface area is 112 Å². The molecule has 1 aromatic heterocycles. The minimum Gasteiger partial charge on any atom is -0.130 e. The minimum absolute atomic E-state index is 0.884. The Kier molecular flexibility index (Phi) is 3.02. The maximum absolute atomic E-state index is 4.17. The lowest BCUT2D eigenvalue weighted by molar-refractivity contribution is 0.866. The summed E-state index contributed by atoms with van der Waals surface area (Å²) >= 11 is 0. The Morgan fingerprint density at radius 1 is 0.632 bits per heavy atom. The van der Waals surface area contributed by atoms with E-state index in [2.05, 4.69) is 15.4 Å². The fraction of sp³-hybridized carbons (Fsp3) is 0.0625. The summed E-state index contributed by atoms with van der Waals surface area (Å²) in [6.07, 6.45) is 0. The first-order valence-corrected chi connectivity index (χ1v) is 6.17. The lowest BCUT2D eigenvalue weighted by Gasteiger charge is -2.08. The van der Waals surface area contributed by atoms with Crippen LogP contribution in [-0.4, -0.2) is 15.4 Å². The van der Waals surface area contributed by atoms with Crippen LogP contribution < -0.4 is 0 Å². The Bertz CT molecular complexity index is 621.